The summed E-state index contributed by atoms with van der Waals surface area (Å²) in [7, 11) is 1.21. The average molecular weight is 303 g/mol. The monoisotopic (exact) mass is 303 g/mol. The Morgan fingerprint density at radius 2 is 1.91 bits per heavy atom. The van der Waals surface area contributed by atoms with Crippen LogP contribution in [-0.4, -0.2) is 23.1 Å². The molecule has 0 fully saturated rings. The van der Waals surface area contributed by atoms with Crippen molar-refractivity contribution < 1.29 is 24.3 Å². The van der Waals surface area contributed by atoms with Gasteiger partial charge in [-0.3, -0.25) is 10.1 Å². The molecule has 0 saturated carbocycles. The molecule has 0 radical (unpaired) electrons. The number of non-ortho nitro benzene ring substituents is 1. The van der Waals surface area contributed by atoms with Crippen molar-refractivity contribution in [3.05, 3.63) is 63.7 Å². The highest BCUT2D eigenvalue weighted by Gasteiger charge is 2.13. The second kappa shape index (κ2) is 6.57. The molecule has 7 nitrogen and oxygen atoms in total. The quantitative estimate of drug-likeness (QED) is 0.518. The molecule has 0 atom stereocenters. The third-order valence-electron chi connectivity index (χ3n) is 2.93. The van der Waals surface area contributed by atoms with E-state index in [1.807, 2.05) is 0 Å². The second-order valence-corrected chi connectivity index (χ2v) is 4.38. The SMILES string of the molecule is COC(=O)c1cc(OCc2ccc([N+](=O)[O-])cc2)ccc1O. The van der Waals surface area contributed by atoms with Crippen LogP contribution in [0.4, 0.5) is 5.69 Å². The van der Waals surface area contributed by atoms with Crippen LogP contribution < -0.4 is 4.74 Å². The minimum Gasteiger partial charge on any atom is -0.507 e. The van der Waals surface area contributed by atoms with Gasteiger partial charge in [-0.25, -0.2) is 4.79 Å². The number of ether oxygens (including phenoxy) is 2. The minimum absolute atomic E-state index is 0.00126. The van der Waals surface area contributed by atoms with E-state index in [2.05, 4.69) is 4.74 Å². The van der Waals surface area contributed by atoms with Crippen LogP contribution >= 0.6 is 0 Å². The highest BCUT2D eigenvalue weighted by Crippen LogP contribution is 2.24. The number of nitrogens with zero attached hydrogens (tertiary/aromatic N) is 1. The number of carbonyl (C=O) groups excluding carboxylic acids is 1. The molecule has 0 aromatic heterocycles. The molecule has 2 rings (SSSR count). The van der Waals surface area contributed by atoms with Crippen LogP contribution in [0.15, 0.2) is 42.5 Å². The molecule has 0 aliphatic heterocycles. The molecule has 0 aliphatic rings. The molecule has 0 amide bonds. The first-order valence-corrected chi connectivity index (χ1v) is 6.28. The first-order chi connectivity index (χ1) is 10.5. The molecule has 114 valence electrons. The molecule has 2 aromatic carbocycles. The number of nitro benzene ring substituents is 1. The summed E-state index contributed by atoms with van der Waals surface area (Å²) in [5.74, 6) is -0.496. The maximum atomic E-state index is 11.5. The Morgan fingerprint density at radius 1 is 1.23 bits per heavy atom. The molecule has 7 heteroatoms. The Kier molecular flexibility index (Phi) is 4.57. The van der Waals surface area contributed by atoms with Gasteiger partial charge in [0.2, 0.25) is 0 Å². The van der Waals surface area contributed by atoms with E-state index in [1.54, 1.807) is 12.1 Å². The molecule has 2 aromatic rings. The van der Waals surface area contributed by atoms with Crippen molar-refractivity contribution in [2.45, 2.75) is 6.61 Å². The lowest BCUT2D eigenvalue weighted by Gasteiger charge is -2.08. The van der Waals surface area contributed by atoms with Crippen molar-refractivity contribution in [3.63, 3.8) is 0 Å². The van der Waals surface area contributed by atoms with E-state index in [-0.39, 0.29) is 23.6 Å². The zero-order valence-electron chi connectivity index (χ0n) is 11.7. The number of aromatic hydroxyl groups is 1. The summed E-state index contributed by atoms with van der Waals surface area (Å²) in [6.07, 6.45) is 0. The van der Waals surface area contributed by atoms with Crippen LogP contribution in [0.5, 0.6) is 11.5 Å². The first-order valence-electron chi connectivity index (χ1n) is 6.28. The molecular formula is C15H13NO6. The van der Waals surface area contributed by atoms with Gasteiger partial charge in [0, 0.05) is 12.1 Å². The number of nitro groups is 1. The van der Waals surface area contributed by atoms with Gasteiger partial charge in [-0.2, -0.15) is 0 Å². The van der Waals surface area contributed by atoms with Gasteiger partial charge in [0.15, 0.2) is 0 Å². The maximum Gasteiger partial charge on any atom is 0.341 e. The fraction of sp³-hybridized carbons (Fsp3) is 0.133. The summed E-state index contributed by atoms with van der Waals surface area (Å²) in [6.45, 7) is 0.170. The first kappa shape index (κ1) is 15.3. The van der Waals surface area contributed by atoms with E-state index in [0.29, 0.717) is 5.75 Å². The zero-order valence-corrected chi connectivity index (χ0v) is 11.7. The van der Waals surface area contributed by atoms with Gasteiger partial charge in [-0.05, 0) is 35.9 Å². The lowest BCUT2D eigenvalue weighted by atomic mass is 10.2. The fourth-order valence-corrected chi connectivity index (χ4v) is 1.76. The number of phenolic OH excluding ortho intramolecular Hbond substituents is 1. The van der Waals surface area contributed by atoms with Crippen molar-refractivity contribution in [1.29, 1.82) is 0 Å². The highest BCUT2D eigenvalue weighted by atomic mass is 16.6. The molecular weight excluding hydrogens is 290 g/mol. The summed E-state index contributed by atoms with van der Waals surface area (Å²) in [4.78, 5) is 21.5. The summed E-state index contributed by atoms with van der Waals surface area (Å²) < 4.78 is 10.0. The number of carbonyl (C=O) groups is 1. The minimum atomic E-state index is -0.668. The maximum absolute atomic E-state index is 11.5. The Bertz CT molecular complexity index is 696. The van der Waals surface area contributed by atoms with E-state index >= 15 is 0 Å². The Hall–Kier alpha value is -3.09. The number of rotatable bonds is 5. The number of hydrogen-bond donors (Lipinski definition) is 1. The molecule has 1 N–H and O–H groups in total. The zero-order chi connectivity index (χ0) is 16.1. The van der Waals surface area contributed by atoms with Crippen LogP contribution in [0.25, 0.3) is 0 Å². The van der Waals surface area contributed by atoms with Crippen LogP contribution in [0.3, 0.4) is 0 Å². The molecule has 0 unspecified atom stereocenters. The summed E-state index contributed by atoms with van der Waals surface area (Å²) >= 11 is 0. The van der Waals surface area contributed by atoms with Gasteiger partial charge in [0.05, 0.1) is 12.0 Å². The summed E-state index contributed by atoms with van der Waals surface area (Å²) in [5, 5.41) is 20.1. The molecule has 0 spiro atoms. The third kappa shape index (κ3) is 3.51. The van der Waals surface area contributed by atoms with Crippen LogP contribution in [-0.2, 0) is 11.3 Å². The fourth-order valence-electron chi connectivity index (χ4n) is 1.76. The van der Waals surface area contributed by atoms with Crippen molar-refractivity contribution in [1.82, 2.24) is 0 Å². The Morgan fingerprint density at radius 3 is 2.50 bits per heavy atom. The van der Waals surface area contributed by atoms with Gasteiger partial charge in [0.1, 0.15) is 23.7 Å². The van der Waals surface area contributed by atoms with Gasteiger partial charge >= 0.3 is 5.97 Å². The lowest BCUT2D eigenvalue weighted by Crippen LogP contribution is -2.03. The van der Waals surface area contributed by atoms with E-state index in [0.717, 1.165) is 5.56 Å². The van der Waals surface area contributed by atoms with Crippen molar-refractivity contribution in [3.8, 4) is 11.5 Å². The molecule has 0 saturated heterocycles. The highest BCUT2D eigenvalue weighted by molar-refractivity contribution is 5.92. The predicted molar refractivity (Wildman–Crippen MR) is 76.9 cm³/mol. The topological polar surface area (TPSA) is 98.9 Å². The van der Waals surface area contributed by atoms with Crippen molar-refractivity contribution in [2.24, 2.45) is 0 Å². The normalized spacial score (nSPS) is 10.0. The number of hydrogen-bond acceptors (Lipinski definition) is 6. The van der Waals surface area contributed by atoms with Crippen molar-refractivity contribution in [2.75, 3.05) is 7.11 Å². The summed E-state index contributed by atoms with van der Waals surface area (Å²) in [6, 6.07) is 10.1. The standard InChI is InChI=1S/C15H13NO6/c1-21-15(18)13-8-12(6-7-14(13)17)22-9-10-2-4-11(5-3-10)16(19)20/h2-8,17H,9H2,1H3. The second-order valence-electron chi connectivity index (χ2n) is 4.38. The van der Waals surface area contributed by atoms with E-state index < -0.39 is 10.9 Å². The van der Waals surface area contributed by atoms with Crippen LogP contribution in [0.2, 0.25) is 0 Å². The number of phenols is 1. The smallest absolute Gasteiger partial charge is 0.341 e. The largest absolute Gasteiger partial charge is 0.507 e. The van der Waals surface area contributed by atoms with E-state index in [9.17, 15) is 20.0 Å². The van der Waals surface area contributed by atoms with Crippen LogP contribution in [0.1, 0.15) is 15.9 Å². The Balaban J connectivity index is 2.08. The number of benzene rings is 2. The molecule has 0 aliphatic carbocycles. The molecule has 22 heavy (non-hydrogen) atoms. The number of methoxy groups -OCH3 is 1. The van der Waals surface area contributed by atoms with Gasteiger partial charge in [-0.1, -0.05) is 0 Å². The van der Waals surface area contributed by atoms with Gasteiger partial charge in [-0.15, -0.1) is 0 Å². The van der Waals surface area contributed by atoms with Gasteiger partial charge < -0.3 is 14.6 Å². The summed E-state index contributed by atoms with van der Waals surface area (Å²) in [5.41, 5.74) is 0.739. The number of esters is 1. The average Bonchev–Trinajstić information content (AvgIpc) is 2.53. The van der Waals surface area contributed by atoms with E-state index in [1.165, 1.54) is 37.4 Å². The van der Waals surface area contributed by atoms with Crippen LogP contribution in [0, 0.1) is 10.1 Å². The third-order valence-corrected chi connectivity index (χ3v) is 2.93. The van der Waals surface area contributed by atoms with E-state index in [4.69, 9.17) is 4.74 Å². The van der Waals surface area contributed by atoms with Gasteiger partial charge in [0.25, 0.3) is 5.69 Å². The lowest BCUT2D eigenvalue weighted by molar-refractivity contribution is -0.384. The van der Waals surface area contributed by atoms with Crippen molar-refractivity contribution >= 4 is 11.7 Å². The molecule has 0 heterocycles. The Labute approximate surface area is 125 Å². The predicted octanol–water partition coefficient (Wildman–Crippen LogP) is 2.67. The molecule has 0 bridgehead atoms.